The molecule has 0 aliphatic carbocycles. The molecule has 1 heterocycles. The van der Waals surface area contributed by atoms with E-state index in [1.807, 2.05) is 61.2 Å². The van der Waals surface area contributed by atoms with Gasteiger partial charge in [-0.3, -0.25) is 9.59 Å². The van der Waals surface area contributed by atoms with Crippen LogP contribution in [0.5, 0.6) is 0 Å². The second-order valence-corrected chi connectivity index (χ2v) is 8.71. The third-order valence-electron chi connectivity index (χ3n) is 4.97. The first-order valence-electron chi connectivity index (χ1n) is 10.5. The van der Waals surface area contributed by atoms with Gasteiger partial charge in [0.1, 0.15) is 5.37 Å². The smallest absolute Gasteiger partial charge is 0.251 e. The minimum Gasteiger partial charge on any atom is -0.379 e. The van der Waals surface area contributed by atoms with Crippen LogP contribution in [0.4, 0.5) is 0 Å². The number of hydrogen-bond donors (Lipinski definition) is 1. The Hall–Kier alpha value is -2.31. The quantitative estimate of drug-likeness (QED) is 0.583. The maximum absolute atomic E-state index is 12.4. The van der Waals surface area contributed by atoms with Crippen molar-refractivity contribution in [2.45, 2.75) is 38.2 Å². The minimum atomic E-state index is -0.0813. The molecular formula is C24H30N2O3S. The van der Waals surface area contributed by atoms with Crippen LogP contribution < -0.4 is 5.32 Å². The molecule has 1 fully saturated rings. The van der Waals surface area contributed by atoms with Crippen molar-refractivity contribution in [3.8, 4) is 0 Å². The molecule has 5 nitrogen and oxygen atoms in total. The minimum absolute atomic E-state index is 0.00602. The molecule has 1 saturated heterocycles. The lowest BCUT2D eigenvalue weighted by atomic mass is 10.1. The van der Waals surface area contributed by atoms with Gasteiger partial charge >= 0.3 is 0 Å². The molecule has 1 aliphatic heterocycles. The molecule has 0 aromatic heterocycles. The number of benzene rings is 2. The molecule has 1 N–H and O–H groups in total. The normalized spacial score (nSPS) is 16.3. The fourth-order valence-electron chi connectivity index (χ4n) is 3.36. The second-order valence-electron chi connectivity index (χ2n) is 7.64. The molecule has 6 heteroatoms. The number of ether oxygens (including phenoxy) is 1. The predicted octanol–water partition coefficient (Wildman–Crippen LogP) is 4.05. The van der Waals surface area contributed by atoms with Gasteiger partial charge in [-0.25, -0.2) is 0 Å². The van der Waals surface area contributed by atoms with E-state index >= 15 is 0 Å². The van der Waals surface area contributed by atoms with Crippen LogP contribution in [0.25, 0.3) is 0 Å². The molecular weight excluding hydrogens is 396 g/mol. The van der Waals surface area contributed by atoms with E-state index < -0.39 is 0 Å². The fourth-order valence-corrected chi connectivity index (χ4v) is 4.58. The average Bonchev–Trinajstić information content (AvgIpc) is 3.13. The lowest BCUT2D eigenvalue weighted by Gasteiger charge is -2.24. The Morgan fingerprint density at radius 1 is 1.17 bits per heavy atom. The highest BCUT2D eigenvalue weighted by Crippen LogP contribution is 2.38. The third-order valence-corrected chi connectivity index (χ3v) is 6.22. The van der Waals surface area contributed by atoms with E-state index in [1.54, 1.807) is 11.8 Å². The molecule has 1 aliphatic rings. The van der Waals surface area contributed by atoms with Gasteiger partial charge in [0.25, 0.3) is 5.91 Å². The van der Waals surface area contributed by atoms with Crippen molar-refractivity contribution in [1.82, 2.24) is 10.2 Å². The van der Waals surface area contributed by atoms with Gasteiger partial charge in [-0.2, -0.15) is 0 Å². The summed E-state index contributed by atoms with van der Waals surface area (Å²) in [6.45, 7) is 5.93. The Kier molecular flexibility index (Phi) is 8.34. The van der Waals surface area contributed by atoms with Crippen LogP contribution in [0, 0.1) is 0 Å². The van der Waals surface area contributed by atoms with Gasteiger partial charge in [0, 0.05) is 25.3 Å². The van der Waals surface area contributed by atoms with Crippen LogP contribution in [0.2, 0.25) is 0 Å². The van der Waals surface area contributed by atoms with Crippen molar-refractivity contribution >= 4 is 23.6 Å². The van der Waals surface area contributed by atoms with Gasteiger partial charge in [0.15, 0.2) is 0 Å². The molecule has 0 bridgehead atoms. The molecule has 0 unspecified atom stereocenters. The van der Waals surface area contributed by atoms with E-state index in [-0.39, 0.29) is 23.3 Å². The molecule has 0 saturated carbocycles. The Labute approximate surface area is 183 Å². The summed E-state index contributed by atoms with van der Waals surface area (Å²) in [5, 5.41) is 2.93. The Morgan fingerprint density at radius 2 is 1.90 bits per heavy atom. The summed E-state index contributed by atoms with van der Waals surface area (Å²) in [6.07, 6.45) is 1.84. The summed E-state index contributed by atoms with van der Waals surface area (Å²) in [5.41, 5.74) is 2.92. The molecule has 3 rings (SSSR count). The van der Waals surface area contributed by atoms with Gasteiger partial charge in [0.05, 0.1) is 11.9 Å². The van der Waals surface area contributed by atoms with E-state index in [9.17, 15) is 9.59 Å². The summed E-state index contributed by atoms with van der Waals surface area (Å²) in [6, 6.07) is 17.8. The van der Waals surface area contributed by atoms with Crippen LogP contribution in [-0.4, -0.2) is 48.3 Å². The first kappa shape index (κ1) is 22.4. The van der Waals surface area contributed by atoms with Gasteiger partial charge in [-0.1, -0.05) is 42.5 Å². The Balaban J connectivity index is 1.53. The van der Waals surface area contributed by atoms with Crippen LogP contribution in [-0.2, 0) is 16.0 Å². The number of rotatable bonds is 10. The zero-order chi connectivity index (χ0) is 21.3. The number of nitrogens with zero attached hydrogens (tertiary/aromatic N) is 1. The van der Waals surface area contributed by atoms with E-state index in [2.05, 4.69) is 17.4 Å². The monoisotopic (exact) mass is 426 g/mol. The lowest BCUT2D eigenvalue weighted by Crippen LogP contribution is -2.30. The topological polar surface area (TPSA) is 58.6 Å². The highest BCUT2D eigenvalue weighted by atomic mass is 32.2. The fraction of sp³-hybridized carbons (Fsp3) is 0.417. The van der Waals surface area contributed by atoms with Crippen molar-refractivity contribution in [3.63, 3.8) is 0 Å². The average molecular weight is 427 g/mol. The van der Waals surface area contributed by atoms with E-state index in [1.165, 1.54) is 5.56 Å². The van der Waals surface area contributed by atoms with Crippen LogP contribution in [0.3, 0.4) is 0 Å². The molecule has 160 valence electrons. The maximum Gasteiger partial charge on any atom is 0.251 e. The number of carbonyl (C=O) groups excluding carboxylic acids is 2. The van der Waals surface area contributed by atoms with Crippen LogP contribution in [0.15, 0.2) is 54.6 Å². The van der Waals surface area contributed by atoms with Gasteiger partial charge in [0.2, 0.25) is 5.91 Å². The largest absolute Gasteiger partial charge is 0.379 e. The van der Waals surface area contributed by atoms with Crippen LogP contribution >= 0.6 is 11.8 Å². The number of carbonyl (C=O) groups is 2. The summed E-state index contributed by atoms with van der Waals surface area (Å²) in [5.74, 6) is 0.591. The van der Waals surface area contributed by atoms with Crippen molar-refractivity contribution in [2.75, 3.05) is 25.4 Å². The molecule has 1 atom stereocenters. The van der Waals surface area contributed by atoms with E-state index in [4.69, 9.17) is 4.74 Å². The van der Waals surface area contributed by atoms with Gasteiger partial charge < -0.3 is 15.0 Å². The molecule has 0 spiro atoms. The standard InChI is InChI=1S/C24H30N2O3S/c1-18(2)29-16-6-14-25-23(28)20-9-11-21(12-10-20)24-26(22(27)17-30-24)15-13-19-7-4-3-5-8-19/h3-5,7-12,18,24H,6,13-17H2,1-2H3,(H,25,28)/t24-/m1/s1. The number of amides is 2. The van der Waals surface area contributed by atoms with Crippen molar-refractivity contribution < 1.29 is 14.3 Å². The zero-order valence-electron chi connectivity index (χ0n) is 17.7. The highest BCUT2D eigenvalue weighted by Gasteiger charge is 2.32. The van der Waals surface area contributed by atoms with Crippen LogP contribution in [0.1, 0.15) is 47.1 Å². The molecule has 2 aromatic rings. The molecule has 2 amide bonds. The van der Waals surface area contributed by atoms with Crippen molar-refractivity contribution in [1.29, 1.82) is 0 Å². The van der Waals surface area contributed by atoms with E-state index in [0.717, 1.165) is 18.4 Å². The lowest BCUT2D eigenvalue weighted by molar-refractivity contribution is -0.128. The first-order chi connectivity index (χ1) is 14.5. The number of hydrogen-bond acceptors (Lipinski definition) is 4. The SMILES string of the molecule is CC(C)OCCCNC(=O)c1ccc([C@H]2SCC(=O)N2CCc2ccccc2)cc1. The van der Waals surface area contributed by atoms with Crippen molar-refractivity contribution in [3.05, 3.63) is 71.3 Å². The Morgan fingerprint density at radius 3 is 2.60 bits per heavy atom. The first-order valence-corrected chi connectivity index (χ1v) is 11.5. The highest BCUT2D eigenvalue weighted by molar-refractivity contribution is 8.00. The van der Waals surface area contributed by atoms with Crippen molar-refractivity contribution in [2.24, 2.45) is 0 Å². The second kappa shape index (κ2) is 11.2. The zero-order valence-corrected chi connectivity index (χ0v) is 18.5. The summed E-state index contributed by atoms with van der Waals surface area (Å²) in [7, 11) is 0. The summed E-state index contributed by atoms with van der Waals surface area (Å²) >= 11 is 1.64. The predicted molar refractivity (Wildman–Crippen MR) is 122 cm³/mol. The van der Waals surface area contributed by atoms with E-state index in [0.29, 0.717) is 31.0 Å². The Bertz CT molecular complexity index is 824. The number of thioether (sulfide) groups is 1. The summed E-state index contributed by atoms with van der Waals surface area (Å²) < 4.78 is 5.48. The maximum atomic E-state index is 12.4. The van der Waals surface area contributed by atoms with Gasteiger partial charge in [-0.15, -0.1) is 11.8 Å². The summed E-state index contributed by atoms with van der Waals surface area (Å²) in [4.78, 5) is 26.7. The van der Waals surface area contributed by atoms with Gasteiger partial charge in [-0.05, 0) is 49.9 Å². The number of nitrogens with one attached hydrogen (secondary N) is 1. The molecule has 2 aromatic carbocycles. The molecule has 0 radical (unpaired) electrons. The molecule has 30 heavy (non-hydrogen) atoms. The third kappa shape index (κ3) is 6.34.